The van der Waals surface area contributed by atoms with Crippen molar-refractivity contribution in [3.63, 3.8) is 0 Å². The van der Waals surface area contributed by atoms with Crippen LogP contribution in [-0.2, 0) is 57.1 Å². The zero-order valence-corrected chi connectivity index (χ0v) is 37.6. The molecule has 2 heterocycles. The number of carbonyl (C=O) groups excluding carboxylic acids is 6. The molecule has 2 saturated carbocycles. The van der Waals surface area contributed by atoms with Gasteiger partial charge in [-0.1, -0.05) is 45.9 Å². The van der Waals surface area contributed by atoms with E-state index in [0.29, 0.717) is 0 Å². The number of benzene rings is 1. The molecule has 12 atom stereocenters. The van der Waals surface area contributed by atoms with E-state index in [1.807, 2.05) is 13.8 Å². The molecule has 4 fully saturated rings. The van der Waals surface area contributed by atoms with E-state index < -0.39 is 123 Å². The molecule has 1 amide bonds. The molecular weight excluding hydrogens is 831 g/mol. The lowest BCUT2D eigenvalue weighted by atomic mass is 9.44. The molecule has 62 heavy (non-hydrogen) atoms. The van der Waals surface area contributed by atoms with Gasteiger partial charge in [-0.2, -0.15) is 0 Å². The Morgan fingerprint density at radius 3 is 2.19 bits per heavy atom. The van der Waals surface area contributed by atoms with E-state index >= 15 is 4.79 Å². The van der Waals surface area contributed by atoms with Crippen molar-refractivity contribution in [1.82, 2.24) is 5.32 Å². The van der Waals surface area contributed by atoms with Crippen LogP contribution in [0.15, 0.2) is 41.5 Å². The fourth-order valence-electron chi connectivity index (χ4n) is 10.4. The summed E-state index contributed by atoms with van der Waals surface area (Å²) < 4.78 is 49.2. The zero-order chi connectivity index (χ0) is 46.1. The van der Waals surface area contributed by atoms with Crippen molar-refractivity contribution < 1.29 is 76.9 Å². The second-order valence-electron chi connectivity index (χ2n) is 19.0. The number of hydrogen-bond acceptors (Lipinski definition) is 17. The first-order valence-electron chi connectivity index (χ1n) is 20.7. The summed E-state index contributed by atoms with van der Waals surface area (Å²) in [5.74, 6) is -6.34. The van der Waals surface area contributed by atoms with Crippen molar-refractivity contribution in [3.05, 3.63) is 47.0 Å². The number of carbonyl (C=O) groups is 6. The zero-order valence-electron chi connectivity index (χ0n) is 36.8. The first-order valence-corrected chi connectivity index (χ1v) is 21.1. The minimum absolute atomic E-state index is 0.0429. The third kappa shape index (κ3) is 7.74. The van der Waals surface area contributed by atoms with Crippen LogP contribution in [0.25, 0.3) is 0 Å². The summed E-state index contributed by atoms with van der Waals surface area (Å²) in [5.41, 5.74) is -8.25. The van der Waals surface area contributed by atoms with Crippen LogP contribution in [0.1, 0.15) is 99.4 Å². The van der Waals surface area contributed by atoms with Crippen LogP contribution in [0.5, 0.6) is 0 Å². The van der Waals surface area contributed by atoms with Crippen molar-refractivity contribution in [3.8, 4) is 0 Å². The van der Waals surface area contributed by atoms with E-state index in [1.165, 1.54) is 26.0 Å². The summed E-state index contributed by atoms with van der Waals surface area (Å²) in [7, 11) is 0. The first kappa shape index (κ1) is 46.8. The lowest BCUT2D eigenvalue weighted by molar-refractivity contribution is -0.345. The summed E-state index contributed by atoms with van der Waals surface area (Å²) in [4.78, 5) is 83.6. The highest BCUT2D eigenvalue weighted by molar-refractivity contribution is 7.79. The lowest BCUT2D eigenvalue weighted by Gasteiger charge is -2.67. The number of Topliss-reactive ketones (excluding diaryl/α,β-unsaturated/α-hetero) is 1. The van der Waals surface area contributed by atoms with Crippen LogP contribution in [0, 0.1) is 22.7 Å². The third-order valence-corrected chi connectivity index (χ3v) is 13.1. The Bertz CT molecular complexity index is 2050. The minimum atomic E-state index is -2.15. The maximum absolute atomic E-state index is 15.6. The maximum atomic E-state index is 15.6. The van der Waals surface area contributed by atoms with E-state index in [2.05, 4.69) is 5.32 Å². The summed E-state index contributed by atoms with van der Waals surface area (Å²) >= 11 is 5.63. The Balaban J connectivity index is 1.61. The molecule has 2 saturated heterocycles. The smallest absolute Gasteiger partial charge is 0.407 e. The van der Waals surface area contributed by atoms with E-state index in [0.717, 1.165) is 13.8 Å². The molecule has 3 N–H and O–H groups in total. The van der Waals surface area contributed by atoms with E-state index in [9.17, 15) is 34.2 Å². The summed E-state index contributed by atoms with van der Waals surface area (Å²) in [6.07, 6.45) is -12.3. The Kier molecular flexibility index (Phi) is 12.5. The lowest BCUT2D eigenvalue weighted by Crippen LogP contribution is -2.83. The van der Waals surface area contributed by atoms with Crippen molar-refractivity contribution in [1.29, 1.82) is 0 Å². The van der Waals surface area contributed by atoms with Crippen LogP contribution < -0.4 is 5.32 Å². The number of amides is 1. The number of nitrogens with one attached hydrogen (secondary N) is 1. The molecule has 1 spiro atoms. The number of aliphatic hydroxyl groups is 2. The number of aliphatic hydroxyl groups excluding tert-OH is 2. The molecule has 3 aliphatic carbocycles. The Morgan fingerprint density at radius 1 is 1.00 bits per heavy atom. The van der Waals surface area contributed by atoms with E-state index in [-0.39, 0.29) is 42.1 Å². The molecule has 0 aromatic heterocycles. The molecule has 5 aliphatic rings. The highest BCUT2D eigenvalue weighted by atomic mass is 32.1. The van der Waals surface area contributed by atoms with Gasteiger partial charge in [-0.3, -0.25) is 14.4 Å². The number of thiocarbonyl (C=S) groups is 1. The van der Waals surface area contributed by atoms with Crippen LogP contribution in [0.4, 0.5) is 4.79 Å². The molecule has 2 unspecified atom stereocenters. The molecule has 17 nitrogen and oxygen atoms in total. The van der Waals surface area contributed by atoms with Gasteiger partial charge in [-0.15, -0.1) is 0 Å². The van der Waals surface area contributed by atoms with Gasteiger partial charge in [0.2, 0.25) is 0 Å². The van der Waals surface area contributed by atoms with Crippen LogP contribution in [0.2, 0.25) is 0 Å². The first-order chi connectivity index (χ1) is 28.7. The van der Waals surface area contributed by atoms with Gasteiger partial charge in [-0.25, -0.2) is 14.4 Å². The SMILES string of the molecule is CC(=O)OC1C(=O)[C@@]2(C)[C@H]([C@H](OC(=O)c3ccccc3)[C@]34OC(=S)O[C@H]3C(OC(=O)[C@H](O)[C@H](CC(C)C)NC(=O)OC(C)(C)C)C(C)=C1C4(C)C)[C@]1(OC(C)=O)CO[C@@H]1C[C@@H]2O. The van der Waals surface area contributed by atoms with Crippen LogP contribution >= 0.6 is 12.2 Å². The number of rotatable bonds is 10. The molecule has 1 aromatic carbocycles. The second-order valence-corrected chi connectivity index (χ2v) is 19.3. The molecule has 2 bridgehead atoms. The van der Waals surface area contributed by atoms with Crippen LogP contribution in [-0.4, -0.2) is 123 Å². The number of hydrogen-bond donors (Lipinski definition) is 3. The number of esters is 4. The minimum Gasteiger partial charge on any atom is -0.454 e. The van der Waals surface area contributed by atoms with Crippen molar-refractivity contribution in [2.45, 2.75) is 155 Å². The fraction of sp³-hybridized carbons (Fsp3) is 0.659. The van der Waals surface area contributed by atoms with Gasteiger partial charge >= 0.3 is 35.2 Å². The van der Waals surface area contributed by atoms with Gasteiger partial charge < -0.3 is 53.4 Å². The molecule has 0 radical (unpaired) electrons. The average molecular weight is 888 g/mol. The van der Waals surface area contributed by atoms with E-state index in [4.69, 9.17) is 50.1 Å². The average Bonchev–Trinajstić information content (AvgIpc) is 3.52. The second kappa shape index (κ2) is 16.5. The Labute approximate surface area is 365 Å². The Hall–Kier alpha value is -4.65. The topological polar surface area (TPSA) is 229 Å². The monoisotopic (exact) mass is 887 g/mol. The fourth-order valence-corrected chi connectivity index (χ4v) is 10.6. The van der Waals surface area contributed by atoms with Crippen LogP contribution in [0.3, 0.4) is 0 Å². The molecule has 1 aromatic rings. The Morgan fingerprint density at radius 2 is 1.65 bits per heavy atom. The molecule has 18 heteroatoms. The number of fused-ring (bicyclic) bond motifs is 4. The standard InChI is InChI=1S/C44H57NO16S/c1-20(2)17-25(45-38(53)60-40(6,7)8)29(49)37(52)56-30-21(3)28-31(55-22(4)46)33(50)42(11)26(48)18-27-43(19-54-27,59-23(5)47)32(42)35(57-36(51)24-15-13-12-14-16-24)44(41(28,9)10)34(30)58-39(62)61-44/h12-16,20,25-27,29-32,34-35,48-49H,17-19H2,1-11H3,(H,45,53)/t25-,26-,27+,29+,30?,31?,32-,34-,35-,42+,43-,44+/m0/s1. The number of ketones is 1. The highest BCUT2D eigenvalue weighted by Gasteiger charge is 2.83. The number of ether oxygens (including phenoxy) is 8. The molecule has 340 valence electrons. The number of alkyl carbamates (subject to hydrolysis) is 1. The van der Waals surface area contributed by atoms with Crippen molar-refractivity contribution >= 4 is 53.2 Å². The maximum Gasteiger partial charge on any atom is 0.407 e. The molecule has 2 aliphatic heterocycles. The normalized spacial score (nSPS) is 34.2. The highest BCUT2D eigenvalue weighted by Crippen LogP contribution is 2.67. The van der Waals surface area contributed by atoms with Gasteiger partial charge in [0.1, 0.15) is 11.7 Å². The van der Waals surface area contributed by atoms with E-state index in [1.54, 1.807) is 52.8 Å². The summed E-state index contributed by atoms with van der Waals surface area (Å²) in [5, 5.41) is 25.9. The predicted octanol–water partition coefficient (Wildman–Crippen LogP) is 3.82. The van der Waals surface area contributed by atoms with Gasteiger partial charge in [0.05, 0.1) is 35.6 Å². The van der Waals surface area contributed by atoms with Gasteiger partial charge in [0.15, 0.2) is 47.5 Å². The van der Waals surface area contributed by atoms with Gasteiger partial charge in [0.25, 0.3) is 0 Å². The predicted molar refractivity (Wildman–Crippen MR) is 219 cm³/mol. The quantitative estimate of drug-likeness (QED) is 0.131. The van der Waals surface area contributed by atoms with Crippen molar-refractivity contribution in [2.24, 2.45) is 22.7 Å². The molecule has 6 rings (SSSR count). The molecular formula is C44H57NO16S. The van der Waals surface area contributed by atoms with Gasteiger partial charge in [-0.05, 0) is 70.2 Å². The summed E-state index contributed by atoms with van der Waals surface area (Å²) in [6, 6.07) is 6.68. The van der Waals surface area contributed by atoms with Gasteiger partial charge in [0, 0.05) is 37.9 Å². The summed E-state index contributed by atoms with van der Waals surface area (Å²) in [6.45, 7) is 16.8. The third-order valence-electron chi connectivity index (χ3n) is 12.9. The largest absolute Gasteiger partial charge is 0.454 e. The van der Waals surface area contributed by atoms with Crippen molar-refractivity contribution in [2.75, 3.05) is 6.61 Å².